The number of para-hydroxylation sites is 1. The van der Waals surface area contributed by atoms with Gasteiger partial charge in [-0.15, -0.1) is 0 Å². The van der Waals surface area contributed by atoms with Gasteiger partial charge < -0.3 is 0 Å². The Labute approximate surface area is 255 Å². The average Bonchev–Trinajstić information content (AvgIpc) is 2.98. The van der Waals surface area contributed by atoms with Crippen LogP contribution in [0.4, 0.5) is 26.3 Å². The minimum absolute atomic E-state index is 0.0213. The summed E-state index contributed by atoms with van der Waals surface area (Å²) in [5.41, 5.74) is -4.44. The van der Waals surface area contributed by atoms with Gasteiger partial charge in [0, 0.05) is 0 Å². The van der Waals surface area contributed by atoms with Gasteiger partial charge in [-0.05, 0) is 0 Å². The standard InChI is InChI=1S/C30H15F6IO7S/c31-29(32,33)17-11-18(30(34,35)36)13-21(12-17)45(40,41)44-37(20-7-5-16-6-10-27(38)43-26(16)15-20)19-8-9-25-23(14-19)28(39)22-3-1-2-4-24(22)42-25/h1-15H. The Balaban J connectivity index is 1.55. The molecule has 0 aliphatic heterocycles. The van der Waals surface area contributed by atoms with E-state index in [1.807, 2.05) is 0 Å². The van der Waals surface area contributed by atoms with Crippen molar-refractivity contribution in [2.24, 2.45) is 0 Å². The maximum absolute atomic E-state index is 13.5. The summed E-state index contributed by atoms with van der Waals surface area (Å²) >= 11 is -3.91. The van der Waals surface area contributed by atoms with E-state index in [9.17, 15) is 44.3 Å². The molecule has 6 aromatic rings. The molecule has 7 nitrogen and oxygen atoms in total. The quantitative estimate of drug-likeness (QED) is 0.0761. The van der Waals surface area contributed by atoms with Gasteiger partial charge in [0.2, 0.25) is 0 Å². The van der Waals surface area contributed by atoms with E-state index in [4.69, 9.17) is 11.3 Å². The first kappa shape index (κ1) is 30.8. The van der Waals surface area contributed by atoms with Gasteiger partial charge in [-0.1, -0.05) is 0 Å². The number of halogens is 7. The summed E-state index contributed by atoms with van der Waals surface area (Å²) in [6.07, 6.45) is -10.6. The summed E-state index contributed by atoms with van der Waals surface area (Å²) in [4.78, 5) is 23.8. The van der Waals surface area contributed by atoms with Crippen molar-refractivity contribution in [3.63, 3.8) is 0 Å². The molecule has 0 spiro atoms. The van der Waals surface area contributed by atoms with Crippen LogP contribution in [-0.2, 0) is 25.0 Å². The van der Waals surface area contributed by atoms with Crippen LogP contribution in [0.15, 0.2) is 114 Å². The SMILES string of the molecule is O=c1ccc2ccc(I(OS(=O)(=O)c3cc(C(F)(F)F)cc(C(F)(F)F)c3)c3ccc4oc5ccccc5c(=O)c4c3)cc2o1. The molecule has 45 heavy (non-hydrogen) atoms. The zero-order chi connectivity index (χ0) is 32.3. The van der Waals surface area contributed by atoms with Gasteiger partial charge in [0.1, 0.15) is 0 Å². The summed E-state index contributed by atoms with van der Waals surface area (Å²) in [7, 11) is -5.31. The zero-order valence-electron chi connectivity index (χ0n) is 22.1. The fraction of sp³-hybridized carbons (Fsp3) is 0.0667. The molecule has 0 N–H and O–H groups in total. The molecular weight excluding hydrogens is 745 g/mol. The molecule has 15 heteroatoms. The molecule has 0 fully saturated rings. The van der Waals surface area contributed by atoms with Crippen molar-refractivity contribution in [3.05, 3.63) is 130 Å². The predicted octanol–water partition coefficient (Wildman–Crippen LogP) is 7.96. The molecule has 0 amide bonds. The van der Waals surface area contributed by atoms with Crippen molar-refractivity contribution in [1.82, 2.24) is 0 Å². The van der Waals surface area contributed by atoms with E-state index >= 15 is 0 Å². The Morgan fingerprint density at radius 1 is 0.622 bits per heavy atom. The molecule has 0 unspecified atom stereocenters. The number of hydrogen-bond acceptors (Lipinski definition) is 7. The molecule has 0 atom stereocenters. The molecule has 0 aliphatic carbocycles. The van der Waals surface area contributed by atoms with Crippen LogP contribution in [0.5, 0.6) is 0 Å². The summed E-state index contributed by atoms with van der Waals surface area (Å²) in [6.45, 7) is 0. The second-order valence-corrected chi connectivity index (χ2v) is 16.0. The fourth-order valence-electron chi connectivity index (χ4n) is 4.41. The van der Waals surface area contributed by atoms with E-state index in [1.54, 1.807) is 18.2 Å². The van der Waals surface area contributed by atoms with Crippen LogP contribution < -0.4 is 11.1 Å². The van der Waals surface area contributed by atoms with Crippen molar-refractivity contribution in [2.75, 3.05) is 0 Å². The fourth-order valence-corrected chi connectivity index (χ4v) is 11.5. The molecule has 0 bridgehead atoms. The van der Waals surface area contributed by atoms with Gasteiger partial charge in [-0.3, -0.25) is 0 Å². The molecule has 232 valence electrons. The van der Waals surface area contributed by atoms with Crippen LogP contribution in [0, 0.1) is 7.14 Å². The second-order valence-electron chi connectivity index (χ2n) is 9.51. The molecule has 0 radical (unpaired) electrons. The first-order valence-electron chi connectivity index (χ1n) is 12.5. The van der Waals surface area contributed by atoms with E-state index in [0.29, 0.717) is 5.39 Å². The van der Waals surface area contributed by atoms with Crippen LogP contribution >= 0.6 is 20.2 Å². The topological polar surface area (TPSA) is 104 Å². The molecule has 2 aromatic heterocycles. The summed E-state index contributed by atoms with van der Waals surface area (Å²) < 4.78 is 125. The van der Waals surface area contributed by atoms with Gasteiger partial charge >= 0.3 is 257 Å². The van der Waals surface area contributed by atoms with Gasteiger partial charge in [0.15, 0.2) is 0 Å². The number of benzene rings is 4. The van der Waals surface area contributed by atoms with E-state index in [1.165, 1.54) is 48.5 Å². The van der Waals surface area contributed by atoms with Crippen LogP contribution in [0.3, 0.4) is 0 Å². The molecule has 0 saturated heterocycles. The normalized spacial score (nSPS) is 13.1. The molecule has 4 aromatic carbocycles. The van der Waals surface area contributed by atoms with Gasteiger partial charge in [0.05, 0.1) is 0 Å². The number of alkyl halides is 6. The summed E-state index contributed by atoms with van der Waals surface area (Å²) in [5.74, 6) is 0. The molecule has 6 rings (SSSR count). The first-order chi connectivity index (χ1) is 21.1. The van der Waals surface area contributed by atoms with E-state index in [0.717, 1.165) is 6.07 Å². The molecule has 0 saturated carbocycles. The van der Waals surface area contributed by atoms with E-state index < -0.39 is 69.8 Å². The van der Waals surface area contributed by atoms with Crippen molar-refractivity contribution in [3.8, 4) is 0 Å². The number of rotatable bonds is 5. The van der Waals surface area contributed by atoms with Gasteiger partial charge in [-0.2, -0.15) is 0 Å². The molecule has 2 heterocycles. The number of hydrogen-bond donors (Lipinski definition) is 0. The Bertz CT molecular complexity index is 2330. The van der Waals surface area contributed by atoms with Gasteiger partial charge in [-0.25, -0.2) is 0 Å². The van der Waals surface area contributed by atoms with Crippen LogP contribution in [0.1, 0.15) is 11.1 Å². The predicted molar refractivity (Wildman–Crippen MR) is 159 cm³/mol. The average molecular weight is 760 g/mol. The van der Waals surface area contributed by atoms with Crippen molar-refractivity contribution < 1.29 is 46.1 Å². The van der Waals surface area contributed by atoms with Crippen molar-refractivity contribution >= 4 is 63.3 Å². The first-order valence-corrected chi connectivity index (χ1v) is 17.0. The maximum atomic E-state index is 13.5. The monoisotopic (exact) mass is 760 g/mol. The van der Waals surface area contributed by atoms with Gasteiger partial charge in [0.25, 0.3) is 0 Å². The Morgan fingerprint density at radius 3 is 1.91 bits per heavy atom. The third-order valence-electron chi connectivity index (χ3n) is 6.52. The number of fused-ring (bicyclic) bond motifs is 3. The Morgan fingerprint density at radius 2 is 1.22 bits per heavy atom. The third-order valence-corrected chi connectivity index (χ3v) is 13.7. The van der Waals surface area contributed by atoms with Crippen LogP contribution in [0.25, 0.3) is 32.9 Å². The van der Waals surface area contributed by atoms with Crippen molar-refractivity contribution in [1.29, 1.82) is 0 Å². The van der Waals surface area contributed by atoms with Crippen molar-refractivity contribution in [2.45, 2.75) is 17.2 Å². The summed E-state index contributed by atoms with van der Waals surface area (Å²) in [5, 5.41) is 0.683. The molecular formula is C30H15F6IO7S. The Hall–Kier alpha value is -4.22. The zero-order valence-corrected chi connectivity index (χ0v) is 25.0. The van der Waals surface area contributed by atoms with E-state index in [-0.39, 0.29) is 52.9 Å². The van der Waals surface area contributed by atoms with E-state index in [2.05, 4.69) is 0 Å². The second kappa shape index (κ2) is 11.0. The molecule has 0 aliphatic rings. The van der Waals surface area contributed by atoms with Crippen LogP contribution in [0.2, 0.25) is 0 Å². The minimum atomic E-state index is -5.31. The van der Waals surface area contributed by atoms with Crippen LogP contribution in [-0.4, -0.2) is 8.42 Å². The summed E-state index contributed by atoms with van der Waals surface area (Å²) in [6, 6.07) is 17.1. The Kier molecular flexibility index (Phi) is 7.52. The third kappa shape index (κ3) is 6.06.